The Labute approximate surface area is 124 Å². The normalized spacial score (nSPS) is 12.4. The molecule has 1 aromatic rings. The van der Waals surface area contributed by atoms with Crippen LogP contribution in [0.1, 0.15) is 12.0 Å². The SMILES string of the molecule is N#Cc1ccc(Cl)cc1S(=O)(=O)N[C@@H](CC(=O)O)C(=O)O. The van der Waals surface area contributed by atoms with E-state index in [0.717, 1.165) is 12.1 Å². The van der Waals surface area contributed by atoms with Gasteiger partial charge in [0.25, 0.3) is 0 Å². The lowest BCUT2D eigenvalue weighted by atomic mass is 10.2. The van der Waals surface area contributed by atoms with Crippen molar-refractivity contribution in [2.24, 2.45) is 0 Å². The second-order valence-corrected chi connectivity index (χ2v) is 5.98. The average Bonchev–Trinajstić information content (AvgIpc) is 2.37. The van der Waals surface area contributed by atoms with Crippen molar-refractivity contribution in [3.63, 3.8) is 0 Å². The molecule has 0 radical (unpaired) electrons. The third-order valence-corrected chi connectivity index (χ3v) is 4.07. The van der Waals surface area contributed by atoms with Gasteiger partial charge in [0, 0.05) is 5.02 Å². The van der Waals surface area contributed by atoms with E-state index in [1.165, 1.54) is 6.07 Å². The third-order valence-electron chi connectivity index (χ3n) is 2.33. The number of carboxylic acid groups (broad SMARTS) is 2. The lowest BCUT2D eigenvalue weighted by Crippen LogP contribution is -2.42. The van der Waals surface area contributed by atoms with Gasteiger partial charge in [-0.15, -0.1) is 0 Å². The molecule has 0 aliphatic carbocycles. The Hall–Kier alpha value is -2.15. The second-order valence-electron chi connectivity index (χ2n) is 3.86. The number of nitriles is 1. The summed E-state index contributed by atoms with van der Waals surface area (Å²) in [5, 5.41) is 26.3. The maximum Gasteiger partial charge on any atom is 0.322 e. The van der Waals surface area contributed by atoms with Crippen molar-refractivity contribution in [3.05, 3.63) is 28.8 Å². The van der Waals surface area contributed by atoms with Crippen molar-refractivity contribution in [1.82, 2.24) is 4.72 Å². The number of rotatable bonds is 6. The number of hydrogen-bond donors (Lipinski definition) is 3. The van der Waals surface area contributed by atoms with Crippen molar-refractivity contribution >= 4 is 33.6 Å². The molecule has 0 bridgehead atoms. The highest BCUT2D eigenvalue weighted by atomic mass is 35.5. The molecule has 0 spiro atoms. The monoisotopic (exact) mass is 332 g/mol. The van der Waals surface area contributed by atoms with E-state index in [-0.39, 0.29) is 10.6 Å². The molecule has 0 aromatic heterocycles. The largest absolute Gasteiger partial charge is 0.481 e. The minimum absolute atomic E-state index is 0.0273. The molecule has 0 aliphatic heterocycles. The first-order valence-corrected chi connectivity index (χ1v) is 7.20. The second kappa shape index (κ2) is 6.53. The van der Waals surface area contributed by atoms with Gasteiger partial charge in [-0.25, -0.2) is 8.42 Å². The summed E-state index contributed by atoms with van der Waals surface area (Å²) in [4.78, 5) is 20.9. The molecule has 0 heterocycles. The Morgan fingerprint density at radius 3 is 2.48 bits per heavy atom. The van der Waals surface area contributed by atoms with E-state index in [1.807, 2.05) is 0 Å². The highest BCUT2D eigenvalue weighted by molar-refractivity contribution is 7.89. The van der Waals surface area contributed by atoms with E-state index in [4.69, 9.17) is 27.1 Å². The lowest BCUT2D eigenvalue weighted by Gasteiger charge is -2.13. The molecule has 1 aromatic carbocycles. The zero-order valence-corrected chi connectivity index (χ0v) is 11.8. The predicted molar refractivity (Wildman–Crippen MR) is 70.2 cm³/mol. The lowest BCUT2D eigenvalue weighted by molar-refractivity contribution is -0.145. The van der Waals surface area contributed by atoms with Crippen LogP contribution in [-0.4, -0.2) is 36.6 Å². The van der Waals surface area contributed by atoms with E-state index in [1.54, 1.807) is 10.8 Å². The van der Waals surface area contributed by atoms with Gasteiger partial charge in [-0.1, -0.05) is 11.6 Å². The summed E-state index contributed by atoms with van der Waals surface area (Å²) in [6.07, 6.45) is -0.947. The highest BCUT2D eigenvalue weighted by Gasteiger charge is 2.29. The zero-order valence-electron chi connectivity index (χ0n) is 10.3. The van der Waals surface area contributed by atoms with Crippen LogP contribution in [0.4, 0.5) is 0 Å². The summed E-state index contributed by atoms with van der Waals surface area (Å²) in [5.74, 6) is -3.14. The Morgan fingerprint density at radius 1 is 1.38 bits per heavy atom. The van der Waals surface area contributed by atoms with Crippen LogP contribution < -0.4 is 4.72 Å². The number of nitrogens with zero attached hydrogens (tertiary/aromatic N) is 1. The molecule has 0 unspecified atom stereocenters. The van der Waals surface area contributed by atoms with Crippen LogP contribution in [0.3, 0.4) is 0 Å². The summed E-state index contributed by atoms with van der Waals surface area (Å²) in [6.45, 7) is 0. The molecular formula is C11H9ClN2O6S. The molecule has 0 amide bonds. The number of carbonyl (C=O) groups is 2. The van der Waals surface area contributed by atoms with Crippen molar-refractivity contribution in [2.45, 2.75) is 17.4 Å². The predicted octanol–water partition coefficient (Wildman–Crippen LogP) is 0.418. The number of sulfonamides is 1. The van der Waals surface area contributed by atoms with Crippen LogP contribution in [0.2, 0.25) is 5.02 Å². The van der Waals surface area contributed by atoms with E-state index >= 15 is 0 Å². The van der Waals surface area contributed by atoms with Crippen LogP contribution >= 0.6 is 11.6 Å². The first-order chi connectivity index (χ1) is 9.67. The van der Waals surface area contributed by atoms with Gasteiger partial charge < -0.3 is 10.2 Å². The summed E-state index contributed by atoms with van der Waals surface area (Å²) < 4.78 is 25.9. The number of nitrogens with one attached hydrogen (secondary N) is 1. The molecule has 21 heavy (non-hydrogen) atoms. The quantitative estimate of drug-likeness (QED) is 0.684. The molecule has 0 saturated heterocycles. The molecule has 0 fully saturated rings. The number of hydrogen-bond acceptors (Lipinski definition) is 5. The van der Waals surface area contributed by atoms with Gasteiger partial charge in [-0.05, 0) is 18.2 Å². The van der Waals surface area contributed by atoms with E-state index in [9.17, 15) is 18.0 Å². The minimum Gasteiger partial charge on any atom is -0.481 e. The van der Waals surface area contributed by atoms with Gasteiger partial charge >= 0.3 is 11.9 Å². The molecule has 0 aliphatic rings. The first kappa shape index (κ1) is 16.9. The Balaban J connectivity index is 3.22. The summed E-state index contributed by atoms with van der Waals surface area (Å²) in [7, 11) is -4.42. The van der Waals surface area contributed by atoms with Gasteiger partial charge in [-0.2, -0.15) is 9.98 Å². The van der Waals surface area contributed by atoms with Gasteiger partial charge in [-0.3, -0.25) is 9.59 Å². The molecule has 1 rings (SSSR count). The topological polar surface area (TPSA) is 145 Å². The molecule has 0 saturated carbocycles. The fourth-order valence-electron chi connectivity index (χ4n) is 1.42. The smallest absolute Gasteiger partial charge is 0.322 e. The first-order valence-electron chi connectivity index (χ1n) is 5.34. The van der Waals surface area contributed by atoms with Gasteiger partial charge in [0.15, 0.2) is 0 Å². The number of benzene rings is 1. The van der Waals surface area contributed by atoms with Crippen molar-refractivity contribution in [2.75, 3.05) is 0 Å². The van der Waals surface area contributed by atoms with Crippen molar-refractivity contribution in [1.29, 1.82) is 5.26 Å². The number of carboxylic acids is 2. The molecule has 10 heteroatoms. The van der Waals surface area contributed by atoms with Gasteiger partial charge in [0.2, 0.25) is 10.0 Å². The van der Waals surface area contributed by atoms with Crippen molar-refractivity contribution in [3.8, 4) is 6.07 Å². The fraction of sp³-hybridized carbons (Fsp3) is 0.182. The van der Waals surface area contributed by atoms with Crippen LogP contribution in [0, 0.1) is 11.3 Å². The third kappa shape index (κ3) is 4.42. The Kier molecular flexibility index (Phi) is 5.26. The minimum atomic E-state index is -4.42. The summed E-state index contributed by atoms with van der Waals surface area (Å²) in [5.41, 5.74) is -0.244. The summed E-state index contributed by atoms with van der Waals surface area (Å²) >= 11 is 5.65. The molecule has 1 atom stereocenters. The molecule has 8 nitrogen and oxygen atoms in total. The molecule has 3 N–H and O–H groups in total. The number of aliphatic carboxylic acids is 2. The van der Waals surface area contributed by atoms with Gasteiger partial charge in [0.1, 0.15) is 17.0 Å². The maximum absolute atomic E-state index is 12.1. The summed E-state index contributed by atoms with van der Waals surface area (Å²) in [6, 6.07) is 3.20. The highest BCUT2D eigenvalue weighted by Crippen LogP contribution is 2.20. The van der Waals surface area contributed by atoms with Crippen LogP contribution in [-0.2, 0) is 19.6 Å². The molecule has 112 valence electrons. The molecular weight excluding hydrogens is 324 g/mol. The van der Waals surface area contributed by atoms with Crippen LogP contribution in [0.5, 0.6) is 0 Å². The fourth-order valence-corrected chi connectivity index (χ4v) is 3.02. The van der Waals surface area contributed by atoms with Gasteiger partial charge in [0.05, 0.1) is 12.0 Å². The number of halogens is 1. The standard InChI is InChI=1S/C11H9ClN2O6S/c12-7-2-1-6(5-13)9(3-7)21(19,20)14-8(11(17)18)4-10(15)16/h1-3,8,14H,4H2,(H,15,16)(H,17,18)/t8-/m0/s1. The van der Waals surface area contributed by atoms with Crippen molar-refractivity contribution < 1.29 is 28.2 Å². The maximum atomic E-state index is 12.1. The average molecular weight is 333 g/mol. The van der Waals surface area contributed by atoms with Crippen LogP contribution in [0.15, 0.2) is 23.1 Å². The van der Waals surface area contributed by atoms with E-state index in [0.29, 0.717) is 0 Å². The zero-order chi connectivity index (χ0) is 16.2. The Morgan fingerprint density at radius 2 is 2.00 bits per heavy atom. The van der Waals surface area contributed by atoms with E-state index in [2.05, 4.69) is 0 Å². The van der Waals surface area contributed by atoms with E-state index < -0.39 is 39.3 Å². The Bertz CT molecular complexity index is 725. The van der Waals surface area contributed by atoms with Crippen LogP contribution in [0.25, 0.3) is 0 Å².